The summed E-state index contributed by atoms with van der Waals surface area (Å²) in [5.41, 5.74) is 1.62. The zero-order valence-corrected chi connectivity index (χ0v) is 20.6. The van der Waals surface area contributed by atoms with E-state index in [9.17, 15) is 9.90 Å². The number of aromatic hydroxyl groups is 1. The van der Waals surface area contributed by atoms with Gasteiger partial charge in [0.1, 0.15) is 5.75 Å². The average Bonchev–Trinajstić information content (AvgIpc) is 3.46. The first-order valence-electron chi connectivity index (χ1n) is 9.05. The standard InChI is InChI=1S/C18H12BrN3O3S.C2H6.CH3Br/c19-13-8-12(2-3-14(13)23)16-21-18(25-22-16)17(24)20-9-10-1-4-15-11(7-10)5-6-26-15;2*1-2/h1-8,23H,9H2,(H,20,24);1-2H3;1H3. The number of hydrogen-bond acceptors (Lipinski definition) is 6. The second-order valence-corrected chi connectivity index (χ2v) is 7.37. The fourth-order valence-corrected chi connectivity index (χ4v) is 3.61. The molecule has 1 amide bonds. The third-order valence-electron chi connectivity index (χ3n) is 3.80. The molecule has 0 spiro atoms. The summed E-state index contributed by atoms with van der Waals surface area (Å²) in [5.74, 6) is 1.65. The van der Waals surface area contributed by atoms with Crippen LogP contribution >= 0.6 is 43.2 Å². The quantitative estimate of drug-likeness (QED) is 0.285. The Balaban J connectivity index is 0.000000757. The number of nitrogens with zero attached hydrogens (tertiary/aromatic N) is 2. The summed E-state index contributed by atoms with van der Waals surface area (Å²) in [4.78, 5) is 16.4. The lowest BCUT2D eigenvalue weighted by molar-refractivity contribution is 0.0907. The highest BCUT2D eigenvalue weighted by molar-refractivity contribution is 9.10. The minimum Gasteiger partial charge on any atom is -0.507 e. The Bertz CT molecular complexity index is 1110. The lowest BCUT2D eigenvalue weighted by atomic mass is 10.1. The molecule has 4 rings (SSSR count). The van der Waals surface area contributed by atoms with Gasteiger partial charge in [0.05, 0.1) is 4.47 Å². The Morgan fingerprint density at radius 3 is 2.67 bits per heavy atom. The molecule has 158 valence electrons. The van der Waals surface area contributed by atoms with Crippen molar-refractivity contribution in [1.29, 1.82) is 0 Å². The Labute approximate surface area is 195 Å². The molecule has 0 radical (unpaired) electrons. The fourth-order valence-electron chi connectivity index (χ4n) is 2.46. The number of fused-ring (bicyclic) bond motifs is 1. The van der Waals surface area contributed by atoms with E-state index in [-0.39, 0.29) is 17.5 Å². The van der Waals surface area contributed by atoms with Crippen molar-refractivity contribution < 1.29 is 14.4 Å². The topological polar surface area (TPSA) is 88.2 Å². The van der Waals surface area contributed by atoms with Crippen LogP contribution in [-0.2, 0) is 6.54 Å². The highest BCUT2D eigenvalue weighted by Gasteiger charge is 2.16. The molecule has 0 aliphatic rings. The predicted octanol–water partition coefficient (Wildman–Crippen LogP) is 6.39. The lowest BCUT2D eigenvalue weighted by Crippen LogP contribution is -2.23. The number of carbonyl (C=O) groups is 1. The molecule has 0 saturated heterocycles. The van der Waals surface area contributed by atoms with Gasteiger partial charge in [-0.1, -0.05) is 41.0 Å². The average molecular weight is 555 g/mol. The molecule has 0 atom stereocenters. The fraction of sp³-hybridized carbons (Fsp3) is 0.190. The maximum Gasteiger partial charge on any atom is 0.316 e. The number of halogens is 2. The summed E-state index contributed by atoms with van der Waals surface area (Å²) in [7, 11) is 0. The van der Waals surface area contributed by atoms with E-state index < -0.39 is 5.91 Å². The summed E-state index contributed by atoms with van der Waals surface area (Å²) in [5, 5.41) is 19.3. The molecular weight excluding hydrogens is 534 g/mol. The Kier molecular flexibility index (Phi) is 9.48. The smallest absolute Gasteiger partial charge is 0.316 e. The van der Waals surface area contributed by atoms with Crippen LogP contribution in [0, 0.1) is 0 Å². The van der Waals surface area contributed by atoms with Crippen LogP contribution < -0.4 is 5.32 Å². The molecule has 6 nitrogen and oxygen atoms in total. The number of amides is 1. The third kappa shape index (κ3) is 5.90. The van der Waals surface area contributed by atoms with Gasteiger partial charge < -0.3 is 14.9 Å². The van der Waals surface area contributed by atoms with Gasteiger partial charge in [-0.15, -0.1) is 11.3 Å². The van der Waals surface area contributed by atoms with Crippen LogP contribution in [-0.4, -0.2) is 27.0 Å². The predicted molar refractivity (Wildman–Crippen MR) is 128 cm³/mol. The van der Waals surface area contributed by atoms with Crippen LogP contribution in [0.25, 0.3) is 21.5 Å². The number of benzene rings is 2. The molecule has 0 saturated carbocycles. The van der Waals surface area contributed by atoms with Gasteiger partial charge in [-0.3, -0.25) is 4.79 Å². The second-order valence-electron chi connectivity index (χ2n) is 5.56. The number of carbonyl (C=O) groups excluding carboxylic acids is 1. The number of phenols is 1. The van der Waals surface area contributed by atoms with Gasteiger partial charge in [0, 0.05) is 16.8 Å². The SMILES string of the molecule is CBr.CC.O=C(NCc1ccc2sccc2c1)c1nc(-c2ccc(O)c(Br)c2)no1. The zero-order chi connectivity index (χ0) is 22.1. The number of aromatic nitrogens is 2. The van der Waals surface area contributed by atoms with Crippen LogP contribution in [0.15, 0.2) is 56.8 Å². The largest absolute Gasteiger partial charge is 0.507 e. The molecule has 2 aromatic carbocycles. The minimum absolute atomic E-state index is 0.109. The molecule has 4 aromatic rings. The van der Waals surface area contributed by atoms with Crippen LogP contribution in [0.3, 0.4) is 0 Å². The highest BCUT2D eigenvalue weighted by atomic mass is 79.9. The van der Waals surface area contributed by atoms with Crippen molar-refractivity contribution in [3.8, 4) is 17.1 Å². The van der Waals surface area contributed by atoms with Crippen LogP contribution in [0.1, 0.15) is 30.1 Å². The number of thiophene rings is 1. The first kappa shape index (κ1) is 24.0. The maximum atomic E-state index is 12.2. The molecule has 0 fully saturated rings. The van der Waals surface area contributed by atoms with Crippen molar-refractivity contribution >= 4 is 59.2 Å². The molecule has 30 heavy (non-hydrogen) atoms. The molecule has 0 aliphatic heterocycles. The zero-order valence-electron chi connectivity index (χ0n) is 16.6. The van der Waals surface area contributed by atoms with Gasteiger partial charge in [-0.05, 0) is 74.5 Å². The second kappa shape index (κ2) is 11.8. The van der Waals surface area contributed by atoms with E-state index in [1.807, 2.05) is 49.3 Å². The van der Waals surface area contributed by atoms with E-state index in [0.717, 1.165) is 10.9 Å². The molecule has 0 aliphatic carbocycles. The van der Waals surface area contributed by atoms with Crippen molar-refractivity contribution in [2.75, 3.05) is 5.83 Å². The summed E-state index contributed by atoms with van der Waals surface area (Å²) in [6.07, 6.45) is 0. The summed E-state index contributed by atoms with van der Waals surface area (Å²) in [6.45, 7) is 4.37. The van der Waals surface area contributed by atoms with Gasteiger partial charge in [0.15, 0.2) is 0 Å². The Morgan fingerprint density at radius 1 is 1.17 bits per heavy atom. The van der Waals surface area contributed by atoms with Crippen LogP contribution in [0.2, 0.25) is 0 Å². The van der Waals surface area contributed by atoms with Crippen LogP contribution in [0.5, 0.6) is 5.75 Å². The molecule has 2 N–H and O–H groups in total. The Morgan fingerprint density at radius 2 is 1.93 bits per heavy atom. The molecule has 0 bridgehead atoms. The van der Waals surface area contributed by atoms with Gasteiger partial charge in [0.2, 0.25) is 5.82 Å². The van der Waals surface area contributed by atoms with Crippen molar-refractivity contribution in [1.82, 2.24) is 15.5 Å². The van der Waals surface area contributed by atoms with Gasteiger partial charge in [-0.25, -0.2) is 0 Å². The summed E-state index contributed by atoms with van der Waals surface area (Å²) in [6, 6.07) is 12.9. The normalized spacial score (nSPS) is 9.90. The van der Waals surface area contributed by atoms with Crippen LogP contribution in [0.4, 0.5) is 0 Å². The van der Waals surface area contributed by atoms with E-state index >= 15 is 0 Å². The monoisotopic (exact) mass is 553 g/mol. The van der Waals surface area contributed by atoms with E-state index in [0.29, 0.717) is 16.6 Å². The van der Waals surface area contributed by atoms with E-state index in [2.05, 4.69) is 47.3 Å². The van der Waals surface area contributed by atoms with Gasteiger partial charge in [0.25, 0.3) is 0 Å². The summed E-state index contributed by atoms with van der Waals surface area (Å²) >= 11 is 7.85. The number of phenolic OH excluding ortho intramolecular Hbond substituents is 1. The Hall–Kier alpha value is -2.23. The van der Waals surface area contributed by atoms with Crippen molar-refractivity contribution in [3.05, 3.63) is 63.8 Å². The number of nitrogens with one attached hydrogen (secondary N) is 1. The van der Waals surface area contributed by atoms with Crippen molar-refractivity contribution in [3.63, 3.8) is 0 Å². The lowest BCUT2D eigenvalue weighted by Gasteiger charge is -2.02. The molecular formula is C21H21Br2N3O3S. The molecule has 9 heteroatoms. The van der Waals surface area contributed by atoms with E-state index in [4.69, 9.17) is 4.52 Å². The summed E-state index contributed by atoms with van der Waals surface area (Å²) < 4.78 is 6.77. The number of rotatable bonds is 4. The molecule has 2 aromatic heterocycles. The first-order chi connectivity index (χ1) is 14.6. The van der Waals surface area contributed by atoms with E-state index in [1.54, 1.807) is 23.5 Å². The number of hydrogen-bond donors (Lipinski definition) is 2. The minimum atomic E-state index is -0.438. The van der Waals surface area contributed by atoms with Gasteiger partial charge >= 0.3 is 11.8 Å². The van der Waals surface area contributed by atoms with E-state index in [1.165, 1.54) is 10.8 Å². The first-order valence-corrected chi connectivity index (χ1v) is 12.3. The van der Waals surface area contributed by atoms with Crippen molar-refractivity contribution in [2.45, 2.75) is 20.4 Å². The molecule has 0 unspecified atom stereocenters. The molecule has 2 heterocycles. The van der Waals surface area contributed by atoms with Crippen molar-refractivity contribution in [2.24, 2.45) is 0 Å². The third-order valence-corrected chi connectivity index (χ3v) is 5.33. The highest BCUT2D eigenvalue weighted by Crippen LogP contribution is 2.28. The number of alkyl halides is 1. The van der Waals surface area contributed by atoms with Gasteiger partial charge in [-0.2, -0.15) is 4.98 Å². The maximum absolute atomic E-state index is 12.2.